The van der Waals surface area contributed by atoms with Gasteiger partial charge in [0.2, 0.25) is 0 Å². The Hall–Kier alpha value is -2.69. The molecular formula is C48H65FO9. The van der Waals surface area contributed by atoms with Crippen LogP contribution in [0.4, 0.5) is 4.39 Å². The van der Waals surface area contributed by atoms with E-state index in [1.54, 1.807) is 13.0 Å². The van der Waals surface area contributed by atoms with E-state index < -0.39 is 52.3 Å². The number of alkyl halides is 1. The minimum absolute atomic E-state index is 0.0250. The minimum atomic E-state index is -1.97. The molecule has 0 bridgehead atoms. The van der Waals surface area contributed by atoms with Gasteiger partial charge in [0.1, 0.15) is 30.5 Å². The molecule has 1 saturated heterocycles. The molecule has 7 unspecified atom stereocenters. The van der Waals surface area contributed by atoms with Gasteiger partial charge in [-0.2, -0.15) is 0 Å². The first-order valence-electron chi connectivity index (χ1n) is 22.6. The summed E-state index contributed by atoms with van der Waals surface area (Å²) in [5.74, 6) is 0.557. The van der Waals surface area contributed by atoms with Crippen molar-refractivity contribution in [1.29, 1.82) is 0 Å². The van der Waals surface area contributed by atoms with Crippen LogP contribution in [-0.2, 0) is 33.4 Å². The molecule has 58 heavy (non-hydrogen) atoms. The van der Waals surface area contributed by atoms with E-state index in [0.717, 1.165) is 44.1 Å². The fraction of sp³-hybridized carbons (Fsp3) is 0.792. The Morgan fingerprint density at radius 1 is 0.914 bits per heavy atom. The highest BCUT2D eigenvalue weighted by atomic mass is 19.1. The highest BCUT2D eigenvalue weighted by molar-refractivity contribution is 6.01. The van der Waals surface area contributed by atoms with E-state index in [9.17, 15) is 29.4 Å². The van der Waals surface area contributed by atoms with E-state index in [0.29, 0.717) is 55.8 Å². The molecule has 9 rings (SSSR count). The van der Waals surface area contributed by atoms with Gasteiger partial charge in [-0.3, -0.25) is 19.2 Å². The molecule has 1 heterocycles. The molecule has 2 N–H and O–H groups in total. The van der Waals surface area contributed by atoms with E-state index in [-0.39, 0.29) is 72.2 Å². The molecule has 9 aliphatic rings. The maximum atomic E-state index is 17.6. The van der Waals surface area contributed by atoms with Gasteiger partial charge in [-0.25, -0.2) is 4.39 Å². The number of epoxide rings is 1. The number of hydrogen-bond donors (Lipinski definition) is 2. The lowest BCUT2D eigenvalue weighted by Crippen LogP contribution is -2.69. The molecule has 0 spiro atoms. The second kappa shape index (κ2) is 13.7. The molecule has 8 aliphatic carbocycles. The van der Waals surface area contributed by atoms with Gasteiger partial charge in [0, 0.05) is 41.4 Å². The van der Waals surface area contributed by atoms with Gasteiger partial charge >= 0.3 is 11.9 Å². The number of carbonyl (C=O) groups excluding carboxylic acids is 4. The average Bonchev–Trinajstić information content (AvgIpc) is 3.84. The molecule has 0 aromatic carbocycles. The van der Waals surface area contributed by atoms with Crippen molar-refractivity contribution in [2.75, 3.05) is 6.61 Å². The Labute approximate surface area is 343 Å². The summed E-state index contributed by atoms with van der Waals surface area (Å²) in [6.45, 7) is 12.8. The number of allylic oxidation sites excluding steroid dienone is 5. The summed E-state index contributed by atoms with van der Waals surface area (Å²) >= 11 is 0. The van der Waals surface area contributed by atoms with Crippen molar-refractivity contribution >= 4 is 23.5 Å². The summed E-state index contributed by atoms with van der Waals surface area (Å²) < 4.78 is 35.4. The first-order chi connectivity index (χ1) is 27.3. The third-order valence-corrected chi connectivity index (χ3v) is 19.0. The van der Waals surface area contributed by atoms with Gasteiger partial charge in [-0.15, -0.1) is 0 Å². The van der Waals surface area contributed by atoms with Crippen LogP contribution in [-0.4, -0.2) is 76.0 Å². The standard InChI is InChI=1S/C48H65FO9/c1-26-20-29-23-30(50)14-17-43(29,3)34-16-18-44(4)33(41(26)34)12-13-38(44)58-40(54)9-7-8-39(53)56-25-36-42(57-36)48(55)27(2)21-35-32-11-10-28-22-31(51)15-19-45(28,5)47(32,49)37(52)24-46(35,48)6/h15,19,22-23,26-27,32-38,41-42,52,55H,7-14,16-18,20-21,24-25H2,1-6H3/t26-,27+,32?,33?,34?,35?,36?,37+,38+,41?,42?,43+,44+,45+,46+,47+,48+/m1/s1. The first-order valence-corrected chi connectivity index (χ1v) is 22.6. The fourth-order valence-electron chi connectivity index (χ4n) is 15.7. The Kier molecular flexibility index (Phi) is 9.58. The number of hydrogen-bond acceptors (Lipinski definition) is 9. The second-order valence-electron chi connectivity index (χ2n) is 21.5. The monoisotopic (exact) mass is 804 g/mol. The van der Waals surface area contributed by atoms with E-state index in [1.807, 2.05) is 19.9 Å². The van der Waals surface area contributed by atoms with Gasteiger partial charge in [-0.1, -0.05) is 51.8 Å². The van der Waals surface area contributed by atoms with Crippen LogP contribution in [0.2, 0.25) is 0 Å². The van der Waals surface area contributed by atoms with Crippen molar-refractivity contribution in [2.45, 2.75) is 167 Å². The molecule has 10 heteroatoms. The Balaban J connectivity index is 0.761. The zero-order chi connectivity index (χ0) is 41.4. The molecule has 1 aliphatic heterocycles. The van der Waals surface area contributed by atoms with Crippen LogP contribution in [0, 0.1) is 63.1 Å². The number of halogens is 1. The largest absolute Gasteiger partial charge is 0.463 e. The third-order valence-electron chi connectivity index (χ3n) is 19.0. The molecule has 0 amide bonds. The van der Waals surface area contributed by atoms with Crippen molar-refractivity contribution in [2.24, 2.45) is 63.1 Å². The topological polar surface area (TPSA) is 140 Å². The molecule has 9 nitrogen and oxygen atoms in total. The molecule has 7 fully saturated rings. The van der Waals surface area contributed by atoms with E-state index in [2.05, 4.69) is 20.8 Å². The van der Waals surface area contributed by atoms with Gasteiger partial charge in [0.15, 0.2) is 17.2 Å². The maximum absolute atomic E-state index is 17.6. The molecule has 6 saturated carbocycles. The quantitative estimate of drug-likeness (QED) is 0.189. The number of rotatable bonds is 8. The average molecular weight is 805 g/mol. The van der Waals surface area contributed by atoms with Crippen molar-refractivity contribution in [3.8, 4) is 0 Å². The van der Waals surface area contributed by atoms with Gasteiger partial charge in [0.05, 0.1) is 6.10 Å². The van der Waals surface area contributed by atoms with Crippen LogP contribution in [0.3, 0.4) is 0 Å². The number of esters is 2. The van der Waals surface area contributed by atoms with Crippen LogP contribution < -0.4 is 0 Å². The summed E-state index contributed by atoms with van der Waals surface area (Å²) in [6, 6.07) is 0. The van der Waals surface area contributed by atoms with Crippen molar-refractivity contribution in [3.05, 3.63) is 35.5 Å². The normalized spacial score (nSPS) is 51.2. The summed E-state index contributed by atoms with van der Waals surface area (Å²) in [5.41, 5.74) is -3.14. The molecule has 17 atom stereocenters. The maximum Gasteiger partial charge on any atom is 0.306 e. The van der Waals surface area contributed by atoms with Crippen LogP contribution in [0.5, 0.6) is 0 Å². The lowest BCUT2D eigenvalue weighted by Gasteiger charge is -2.62. The van der Waals surface area contributed by atoms with Crippen molar-refractivity contribution in [1.82, 2.24) is 0 Å². The summed E-state index contributed by atoms with van der Waals surface area (Å²) in [7, 11) is 0. The van der Waals surface area contributed by atoms with Crippen LogP contribution >= 0.6 is 0 Å². The first kappa shape index (κ1) is 40.7. The summed E-state index contributed by atoms with van der Waals surface area (Å²) in [4.78, 5) is 50.6. The van der Waals surface area contributed by atoms with E-state index >= 15 is 4.39 Å². The predicted molar refractivity (Wildman–Crippen MR) is 212 cm³/mol. The number of fused-ring (bicyclic) bond motifs is 10. The highest BCUT2D eigenvalue weighted by Gasteiger charge is 2.78. The number of aliphatic hydroxyl groups excluding tert-OH is 1. The lowest BCUT2D eigenvalue weighted by atomic mass is 9.44. The van der Waals surface area contributed by atoms with Crippen LogP contribution in [0.25, 0.3) is 0 Å². The molecule has 0 radical (unpaired) electrons. The Bertz CT molecular complexity index is 1870. The summed E-state index contributed by atoms with van der Waals surface area (Å²) in [6.07, 6.45) is 12.7. The van der Waals surface area contributed by atoms with Crippen LogP contribution in [0.15, 0.2) is 35.5 Å². The fourth-order valence-corrected chi connectivity index (χ4v) is 15.7. The van der Waals surface area contributed by atoms with Crippen LogP contribution in [0.1, 0.15) is 131 Å². The number of aliphatic hydroxyl groups is 2. The van der Waals surface area contributed by atoms with Gasteiger partial charge < -0.3 is 24.4 Å². The zero-order valence-corrected chi connectivity index (χ0v) is 35.4. The number of carbonyl (C=O) groups is 4. The van der Waals surface area contributed by atoms with E-state index in [4.69, 9.17) is 14.2 Å². The van der Waals surface area contributed by atoms with Crippen molar-refractivity contribution in [3.63, 3.8) is 0 Å². The summed E-state index contributed by atoms with van der Waals surface area (Å²) in [5, 5.41) is 24.2. The van der Waals surface area contributed by atoms with E-state index in [1.165, 1.54) is 17.7 Å². The SMILES string of the molecule is C[C@@H]1CC2=CC(=O)CC[C@]2(C)C2CC[C@@]3(C)C(CC[C@@H]3OC(=O)CCCC(=O)OCC3OC3[C@@]3(O)[C@@H](C)CC4C5CCC6=CC(=O)C=C[C@]6(C)[C@@]5(F)[C@@H](O)C[C@@]43C)C21. The molecule has 0 aromatic heterocycles. The Morgan fingerprint density at radius 2 is 1.67 bits per heavy atom. The smallest absolute Gasteiger partial charge is 0.306 e. The number of ketones is 2. The molecule has 318 valence electrons. The predicted octanol–water partition coefficient (Wildman–Crippen LogP) is 7.50. The Morgan fingerprint density at radius 3 is 2.45 bits per heavy atom. The zero-order valence-electron chi connectivity index (χ0n) is 35.4. The van der Waals surface area contributed by atoms with Gasteiger partial charge in [-0.05, 0) is 137 Å². The molecule has 0 aromatic rings. The number of ether oxygens (including phenoxy) is 3. The second-order valence-corrected chi connectivity index (χ2v) is 21.5. The van der Waals surface area contributed by atoms with Gasteiger partial charge in [0.25, 0.3) is 0 Å². The van der Waals surface area contributed by atoms with Crippen molar-refractivity contribution < 1.29 is 48.0 Å². The highest BCUT2D eigenvalue weighted by Crippen LogP contribution is 2.72. The third kappa shape index (κ3) is 5.61. The minimum Gasteiger partial charge on any atom is -0.463 e. The lowest BCUT2D eigenvalue weighted by molar-refractivity contribution is -0.223. The molecular weight excluding hydrogens is 740 g/mol.